The number of rotatable bonds is 10. The molecule has 0 radical (unpaired) electrons. The van der Waals surface area contributed by atoms with Crippen LogP contribution in [-0.2, 0) is 0 Å². The zero-order valence-electron chi connectivity index (χ0n) is 66.2. The molecule has 26 aromatic rings. The fourth-order valence-corrected chi connectivity index (χ4v) is 18.4. The third-order valence-corrected chi connectivity index (χ3v) is 24.2. The maximum absolute atomic E-state index is 6.75. The number of aromatic nitrogens is 8. The highest BCUT2D eigenvalue weighted by Crippen LogP contribution is 2.52. The van der Waals surface area contributed by atoms with Crippen LogP contribution in [-0.4, -0.2) is 39.9 Å². The van der Waals surface area contributed by atoms with Gasteiger partial charge in [0.1, 0.15) is 44.7 Å². The number of furan rings is 4. The topological polar surface area (TPSA) is 156 Å². The van der Waals surface area contributed by atoms with Crippen LogP contribution in [0.15, 0.2) is 406 Å². The molecule has 0 spiro atoms. The van der Waals surface area contributed by atoms with Gasteiger partial charge in [0, 0.05) is 142 Å². The average Bonchev–Trinajstić information content (AvgIpc) is 1.46. The van der Waals surface area contributed by atoms with Gasteiger partial charge in [-0.05, 0) is 82.2 Å². The van der Waals surface area contributed by atoms with Crippen LogP contribution < -0.4 is 0 Å². The monoisotopic (exact) mass is 1580 g/mol. The van der Waals surface area contributed by atoms with Crippen LogP contribution >= 0.6 is 0 Å². The van der Waals surface area contributed by atoms with Crippen molar-refractivity contribution in [3.8, 4) is 113 Å². The second-order valence-electron chi connectivity index (χ2n) is 31.4. The molecule has 0 saturated heterocycles. The molecule has 0 aliphatic carbocycles. The van der Waals surface area contributed by atoms with Crippen LogP contribution in [0, 0.1) is 0 Å². The second-order valence-corrected chi connectivity index (χ2v) is 31.4. The van der Waals surface area contributed by atoms with Crippen molar-refractivity contribution in [2.75, 3.05) is 0 Å². The zero-order chi connectivity index (χ0) is 81.5. The quantitative estimate of drug-likeness (QED) is 0.120. The van der Waals surface area contributed by atoms with E-state index in [0.29, 0.717) is 34.9 Å². The van der Waals surface area contributed by atoms with Crippen LogP contribution in [0.3, 0.4) is 0 Å². The Hall–Kier alpha value is -17.0. The summed E-state index contributed by atoms with van der Waals surface area (Å²) in [5, 5.41) is 19.3. The number of pyridine rings is 2. The first-order valence-corrected chi connectivity index (χ1v) is 41.4. The van der Waals surface area contributed by atoms with E-state index >= 15 is 0 Å². The zero-order valence-corrected chi connectivity index (χ0v) is 66.2. The van der Waals surface area contributed by atoms with Crippen LogP contribution in [0.5, 0.6) is 0 Å². The SMILES string of the molecule is c1ccc(-c2nc(-c3ccccc3)nc(-c3ccc(-c4nc5ccccc5c5c(-c6cccc7c6oc6ccccc67)c6c(cc45)oc4ccccc46)cc3)n2)cc1.c1ccc2cc(-c3nc(-c4ccc(-c5nc6ccccc6c6c(-c7cccc8c7oc7ccccc78)c7c(cc56)oc5ccccc57)cc4)nc(-c4ccc5ccccc5c4)n3)ccc2c1. The highest BCUT2D eigenvalue weighted by atomic mass is 16.3. The van der Waals surface area contributed by atoms with E-state index in [2.05, 4.69) is 279 Å². The summed E-state index contributed by atoms with van der Waals surface area (Å²) in [6.45, 7) is 0. The number of nitrogens with zero attached hydrogens (tertiary/aromatic N) is 8. The summed E-state index contributed by atoms with van der Waals surface area (Å²) >= 11 is 0. The summed E-state index contributed by atoms with van der Waals surface area (Å²) in [7, 11) is 0. The van der Waals surface area contributed by atoms with Gasteiger partial charge in [0.15, 0.2) is 34.9 Å². The van der Waals surface area contributed by atoms with Crippen molar-refractivity contribution < 1.29 is 17.7 Å². The first kappa shape index (κ1) is 70.1. The molecule has 8 heterocycles. The maximum Gasteiger partial charge on any atom is 0.164 e. The van der Waals surface area contributed by atoms with E-state index in [1.165, 1.54) is 0 Å². The van der Waals surface area contributed by atoms with Crippen molar-refractivity contribution in [2.24, 2.45) is 0 Å². The molecule has 124 heavy (non-hydrogen) atoms. The normalized spacial score (nSPS) is 11.9. The lowest BCUT2D eigenvalue weighted by Gasteiger charge is -2.16. The summed E-state index contributed by atoms with van der Waals surface area (Å²) in [6, 6.07) is 133. The Morgan fingerprint density at radius 3 is 0.863 bits per heavy atom. The summed E-state index contributed by atoms with van der Waals surface area (Å²) in [5.74, 6) is 3.66. The predicted molar refractivity (Wildman–Crippen MR) is 504 cm³/mol. The smallest absolute Gasteiger partial charge is 0.164 e. The highest BCUT2D eigenvalue weighted by molar-refractivity contribution is 6.32. The molecule has 576 valence electrons. The van der Waals surface area contributed by atoms with Gasteiger partial charge in [0.25, 0.3) is 0 Å². The Labute approximate surface area is 707 Å². The molecule has 12 nitrogen and oxygen atoms in total. The van der Waals surface area contributed by atoms with Gasteiger partial charge < -0.3 is 17.7 Å². The summed E-state index contributed by atoms with van der Waals surface area (Å²) < 4.78 is 26.9. The van der Waals surface area contributed by atoms with Crippen molar-refractivity contribution in [1.82, 2.24) is 39.9 Å². The highest BCUT2D eigenvalue weighted by Gasteiger charge is 2.28. The molecular formula is C112H64N8O4. The maximum atomic E-state index is 6.75. The van der Waals surface area contributed by atoms with Gasteiger partial charge in [-0.1, -0.05) is 328 Å². The molecule has 18 aromatic carbocycles. The minimum absolute atomic E-state index is 0.587. The first-order chi connectivity index (χ1) is 61.4. The second kappa shape index (κ2) is 28.4. The third-order valence-electron chi connectivity index (χ3n) is 24.2. The fraction of sp³-hybridized carbons (Fsp3) is 0. The molecule has 0 aliphatic rings. The standard InChI is InChI=1S/C60H34N4O2.C52H30N4O2/c1-3-14-39-32-41(30-24-35(39)12-1)59-62-58(63-60(64-59)42-31-25-36-13-2-4-15-40(36)33-42)38-28-26-37(27-29-38)56-48-34-52-54(46-18-7-10-23-51(46)65-52)55(53(48)45-17-5-8-21-49(45)61-56)47-20-11-19-44-43-16-6-9-22-50(43)66-57(44)47;1-3-14-32(15-4-1)50-54-51(33-16-5-2-6-17-33)56-52(55-50)34-28-26-31(27-29-34)48-40-30-44-46(38-20-9-12-25-43(38)57-44)47(45(40)37-19-7-10-23-41(37)53-48)39-22-13-21-36-35-18-8-11-24-42(35)58-49(36)39/h1-34H;1-30H. The van der Waals surface area contributed by atoms with Crippen LogP contribution in [0.1, 0.15) is 0 Å². The third kappa shape index (κ3) is 11.6. The number of hydrogen-bond acceptors (Lipinski definition) is 12. The molecule has 0 unspecified atom stereocenters. The van der Waals surface area contributed by atoms with Gasteiger partial charge in [0.2, 0.25) is 0 Å². The van der Waals surface area contributed by atoms with Gasteiger partial charge >= 0.3 is 0 Å². The molecule has 0 aliphatic heterocycles. The Morgan fingerprint density at radius 2 is 0.460 bits per heavy atom. The van der Waals surface area contributed by atoms with Crippen LogP contribution in [0.2, 0.25) is 0 Å². The van der Waals surface area contributed by atoms with Crippen molar-refractivity contribution in [3.05, 3.63) is 388 Å². The van der Waals surface area contributed by atoms with Gasteiger partial charge in [-0.2, -0.15) is 0 Å². The van der Waals surface area contributed by atoms with E-state index < -0.39 is 0 Å². The number of fused-ring (bicyclic) bond motifs is 20. The van der Waals surface area contributed by atoms with E-state index in [4.69, 9.17) is 57.5 Å². The largest absolute Gasteiger partial charge is 0.456 e. The molecule has 12 heteroatoms. The van der Waals surface area contributed by atoms with E-state index in [1.54, 1.807) is 0 Å². The van der Waals surface area contributed by atoms with Crippen molar-refractivity contribution >= 4 is 153 Å². The minimum Gasteiger partial charge on any atom is -0.456 e. The molecule has 0 N–H and O–H groups in total. The lowest BCUT2D eigenvalue weighted by Crippen LogP contribution is -2.00. The van der Waals surface area contributed by atoms with Crippen molar-refractivity contribution in [1.29, 1.82) is 0 Å². The summed E-state index contributed by atoms with van der Waals surface area (Å²) in [4.78, 5) is 41.0. The summed E-state index contributed by atoms with van der Waals surface area (Å²) in [5.41, 5.74) is 21.6. The van der Waals surface area contributed by atoms with Crippen molar-refractivity contribution in [3.63, 3.8) is 0 Å². The minimum atomic E-state index is 0.587. The van der Waals surface area contributed by atoms with E-state index in [1.807, 2.05) is 109 Å². The van der Waals surface area contributed by atoms with Crippen LogP contribution in [0.25, 0.3) is 266 Å². The average molecular weight is 1590 g/mol. The van der Waals surface area contributed by atoms with E-state index in [9.17, 15) is 0 Å². The van der Waals surface area contributed by atoms with Crippen molar-refractivity contribution in [2.45, 2.75) is 0 Å². The molecular weight excluding hydrogens is 1520 g/mol. The molecule has 0 bridgehead atoms. The Morgan fingerprint density at radius 1 is 0.161 bits per heavy atom. The van der Waals surface area contributed by atoms with E-state index in [0.717, 1.165) is 231 Å². The van der Waals surface area contributed by atoms with Gasteiger partial charge in [-0.15, -0.1) is 0 Å². The fourth-order valence-electron chi connectivity index (χ4n) is 18.4. The Kier molecular flexibility index (Phi) is 16.0. The predicted octanol–water partition coefficient (Wildman–Crippen LogP) is 29.7. The first-order valence-electron chi connectivity index (χ1n) is 41.4. The Bertz CT molecular complexity index is 8730. The Balaban J connectivity index is 0.000000137. The summed E-state index contributed by atoms with van der Waals surface area (Å²) in [6.07, 6.45) is 0. The molecule has 0 saturated carbocycles. The van der Waals surface area contributed by atoms with Gasteiger partial charge in [-0.25, -0.2) is 39.9 Å². The lowest BCUT2D eigenvalue weighted by atomic mass is 9.89. The lowest BCUT2D eigenvalue weighted by molar-refractivity contribution is 0.668. The number of benzene rings is 18. The molecule has 0 atom stereocenters. The molecule has 8 aromatic heterocycles. The van der Waals surface area contributed by atoms with Gasteiger partial charge in [-0.3, -0.25) is 0 Å². The van der Waals surface area contributed by atoms with Crippen LogP contribution in [0.4, 0.5) is 0 Å². The van der Waals surface area contributed by atoms with E-state index in [-0.39, 0.29) is 0 Å². The molecule has 0 amide bonds. The molecule has 26 rings (SSSR count). The number of para-hydroxylation sites is 8. The number of hydrogen-bond donors (Lipinski definition) is 0. The molecule has 0 fully saturated rings. The van der Waals surface area contributed by atoms with Gasteiger partial charge in [0.05, 0.1) is 22.4 Å².